The third-order valence-electron chi connectivity index (χ3n) is 3.84. The highest BCUT2D eigenvalue weighted by Gasteiger charge is 2.19. The molecule has 0 saturated carbocycles. The minimum Gasteiger partial charge on any atom is -0.444 e. The van der Waals surface area contributed by atoms with Crippen LogP contribution in [0.2, 0.25) is 0 Å². The molecular weight excluding hydrogens is 332 g/mol. The zero-order valence-electron chi connectivity index (χ0n) is 17.4. The third kappa shape index (κ3) is 6.93. The van der Waals surface area contributed by atoms with E-state index in [1.54, 1.807) is 11.9 Å². The molecule has 0 aliphatic rings. The summed E-state index contributed by atoms with van der Waals surface area (Å²) in [5, 5.41) is 10.9. The molecule has 0 unspecified atom stereocenters. The van der Waals surface area contributed by atoms with Crippen LogP contribution in [0.1, 0.15) is 44.6 Å². The van der Waals surface area contributed by atoms with Gasteiger partial charge in [0.05, 0.1) is 12.2 Å². The largest absolute Gasteiger partial charge is 0.444 e. The van der Waals surface area contributed by atoms with E-state index in [9.17, 15) is 4.79 Å². The van der Waals surface area contributed by atoms with Crippen molar-refractivity contribution in [3.63, 3.8) is 0 Å². The molecule has 1 rings (SSSR count). The topological polar surface area (TPSA) is 83.8 Å². The van der Waals surface area contributed by atoms with Gasteiger partial charge in [0.15, 0.2) is 5.96 Å². The minimum absolute atomic E-state index is 0.331. The molecule has 1 aromatic heterocycles. The lowest BCUT2D eigenvalue weighted by molar-refractivity contribution is 0.0302. The molecule has 26 heavy (non-hydrogen) atoms. The van der Waals surface area contributed by atoms with Gasteiger partial charge in [0.1, 0.15) is 5.60 Å². The predicted molar refractivity (Wildman–Crippen MR) is 104 cm³/mol. The maximum absolute atomic E-state index is 12.0. The monoisotopic (exact) mass is 366 g/mol. The van der Waals surface area contributed by atoms with Gasteiger partial charge in [-0.3, -0.25) is 4.68 Å². The first-order valence-electron chi connectivity index (χ1n) is 9.00. The number of aromatic nitrogens is 2. The second-order valence-corrected chi connectivity index (χ2v) is 7.30. The van der Waals surface area contributed by atoms with E-state index in [0.717, 1.165) is 23.5 Å². The smallest absolute Gasteiger partial charge is 0.410 e. The van der Waals surface area contributed by atoms with E-state index < -0.39 is 5.60 Å². The average molecular weight is 367 g/mol. The van der Waals surface area contributed by atoms with Crippen LogP contribution >= 0.6 is 0 Å². The number of ether oxygens (including phenoxy) is 1. The molecule has 1 heterocycles. The Labute approximate surface area is 157 Å². The van der Waals surface area contributed by atoms with Crippen molar-refractivity contribution in [3.05, 3.63) is 17.0 Å². The molecule has 1 amide bonds. The quantitative estimate of drug-likeness (QED) is 0.594. The van der Waals surface area contributed by atoms with Crippen molar-refractivity contribution < 1.29 is 9.53 Å². The van der Waals surface area contributed by atoms with Crippen LogP contribution in [-0.4, -0.2) is 59.0 Å². The fourth-order valence-electron chi connectivity index (χ4n) is 2.32. The molecule has 0 aliphatic heterocycles. The van der Waals surface area contributed by atoms with E-state index >= 15 is 0 Å². The number of carbonyl (C=O) groups is 1. The summed E-state index contributed by atoms with van der Waals surface area (Å²) in [6.45, 7) is 14.0. The number of amides is 1. The number of aliphatic imine (C=N–C) groups is 1. The maximum atomic E-state index is 12.0. The number of carbonyl (C=O) groups excluding carboxylic acids is 1. The summed E-state index contributed by atoms with van der Waals surface area (Å²) >= 11 is 0. The summed E-state index contributed by atoms with van der Waals surface area (Å²) in [6.07, 6.45) is -0.331. The maximum Gasteiger partial charge on any atom is 0.410 e. The Morgan fingerprint density at radius 1 is 1.31 bits per heavy atom. The van der Waals surface area contributed by atoms with Gasteiger partial charge in [0, 0.05) is 45.0 Å². The second kappa shape index (κ2) is 9.45. The third-order valence-corrected chi connectivity index (χ3v) is 3.84. The van der Waals surface area contributed by atoms with Crippen molar-refractivity contribution in [1.82, 2.24) is 25.3 Å². The van der Waals surface area contributed by atoms with Crippen LogP contribution in [0, 0.1) is 13.8 Å². The van der Waals surface area contributed by atoms with Crippen molar-refractivity contribution in [2.24, 2.45) is 12.0 Å². The van der Waals surface area contributed by atoms with Crippen LogP contribution in [0.3, 0.4) is 0 Å². The zero-order valence-corrected chi connectivity index (χ0v) is 17.4. The summed E-state index contributed by atoms with van der Waals surface area (Å²) in [7, 11) is 3.66. The average Bonchev–Trinajstić information content (AvgIpc) is 2.76. The Morgan fingerprint density at radius 3 is 2.46 bits per heavy atom. The Hall–Kier alpha value is -2.25. The van der Waals surface area contributed by atoms with Crippen molar-refractivity contribution >= 4 is 12.1 Å². The number of hydrogen-bond donors (Lipinski definition) is 2. The lowest BCUT2D eigenvalue weighted by Gasteiger charge is -2.24. The van der Waals surface area contributed by atoms with E-state index in [0.29, 0.717) is 25.6 Å². The molecule has 0 aliphatic carbocycles. The summed E-state index contributed by atoms with van der Waals surface area (Å²) in [4.78, 5) is 18.1. The second-order valence-electron chi connectivity index (χ2n) is 7.30. The van der Waals surface area contributed by atoms with E-state index in [1.165, 1.54) is 0 Å². The van der Waals surface area contributed by atoms with Gasteiger partial charge in [0.25, 0.3) is 0 Å². The van der Waals surface area contributed by atoms with E-state index in [-0.39, 0.29) is 6.09 Å². The molecule has 8 nitrogen and oxygen atoms in total. The highest BCUT2D eigenvalue weighted by atomic mass is 16.6. The van der Waals surface area contributed by atoms with Crippen molar-refractivity contribution in [2.45, 2.75) is 53.7 Å². The summed E-state index contributed by atoms with van der Waals surface area (Å²) in [6, 6.07) is 0. The lowest BCUT2D eigenvalue weighted by Crippen LogP contribution is -2.43. The molecule has 0 bridgehead atoms. The molecule has 0 spiro atoms. The van der Waals surface area contributed by atoms with E-state index in [1.807, 2.05) is 53.3 Å². The number of hydrogen-bond acceptors (Lipinski definition) is 4. The standard InChI is InChI=1S/C18H34N6O2/c1-9-19-16(21-12-15-13(2)22-24(8)14(15)3)20-10-11-23(7)17(25)26-18(4,5)6/h9-12H2,1-8H3,(H2,19,20,21). The molecule has 1 aromatic rings. The van der Waals surface area contributed by atoms with Crippen LogP contribution in [0.25, 0.3) is 0 Å². The van der Waals surface area contributed by atoms with Crippen LogP contribution in [0.15, 0.2) is 4.99 Å². The Balaban J connectivity index is 2.59. The first kappa shape index (κ1) is 21.8. The van der Waals surface area contributed by atoms with Gasteiger partial charge >= 0.3 is 6.09 Å². The fourth-order valence-corrected chi connectivity index (χ4v) is 2.32. The lowest BCUT2D eigenvalue weighted by atomic mass is 10.2. The van der Waals surface area contributed by atoms with Crippen LogP contribution in [0.5, 0.6) is 0 Å². The summed E-state index contributed by atoms with van der Waals surface area (Å²) < 4.78 is 7.21. The molecule has 0 aromatic carbocycles. The highest BCUT2D eigenvalue weighted by molar-refractivity contribution is 5.79. The van der Waals surface area contributed by atoms with E-state index in [4.69, 9.17) is 4.74 Å². The van der Waals surface area contributed by atoms with Gasteiger partial charge in [-0.1, -0.05) is 0 Å². The van der Waals surface area contributed by atoms with Gasteiger partial charge in [-0.2, -0.15) is 5.10 Å². The molecule has 0 radical (unpaired) electrons. The number of likely N-dealkylation sites (N-methyl/N-ethyl adjacent to an activating group) is 1. The SMILES string of the molecule is CCNC(=NCc1c(C)nn(C)c1C)NCCN(C)C(=O)OC(C)(C)C. The van der Waals surface area contributed by atoms with Crippen molar-refractivity contribution in [2.75, 3.05) is 26.7 Å². The summed E-state index contributed by atoms with van der Waals surface area (Å²) in [5.41, 5.74) is 2.76. The minimum atomic E-state index is -0.491. The van der Waals surface area contributed by atoms with Crippen LogP contribution in [-0.2, 0) is 18.3 Å². The number of aryl methyl sites for hydroxylation is 2. The van der Waals surface area contributed by atoms with Crippen LogP contribution in [0.4, 0.5) is 4.79 Å². The Morgan fingerprint density at radius 2 is 1.96 bits per heavy atom. The molecule has 0 atom stereocenters. The highest BCUT2D eigenvalue weighted by Crippen LogP contribution is 2.12. The Bertz CT molecular complexity index is 630. The number of guanidine groups is 1. The number of rotatable bonds is 6. The molecule has 0 saturated heterocycles. The fraction of sp³-hybridized carbons (Fsp3) is 0.722. The molecular formula is C18H34N6O2. The first-order chi connectivity index (χ1) is 12.0. The molecule has 0 fully saturated rings. The van der Waals surface area contributed by atoms with Crippen LogP contribution < -0.4 is 10.6 Å². The van der Waals surface area contributed by atoms with Gasteiger partial charge < -0.3 is 20.3 Å². The first-order valence-corrected chi connectivity index (χ1v) is 9.00. The molecule has 2 N–H and O–H groups in total. The molecule has 148 valence electrons. The zero-order chi connectivity index (χ0) is 19.9. The van der Waals surface area contributed by atoms with Gasteiger partial charge in [0.2, 0.25) is 0 Å². The van der Waals surface area contributed by atoms with Gasteiger partial charge in [-0.05, 0) is 41.5 Å². The van der Waals surface area contributed by atoms with E-state index in [2.05, 4.69) is 20.7 Å². The molecule has 8 heteroatoms. The normalized spacial score (nSPS) is 12.1. The number of nitrogens with zero attached hydrogens (tertiary/aromatic N) is 4. The van der Waals surface area contributed by atoms with Gasteiger partial charge in [-0.25, -0.2) is 9.79 Å². The summed E-state index contributed by atoms with van der Waals surface area (Å²) in [5.74, 6) is 0.716. The predicted octanol–water partition coefficient (Wildman–Crippen LogP) is 1.96. The Kier molecular flexibility index (Phi) is 7.92. The van der Waals surface area contributed by atoms with Crippen molar-refractivity contribution in [3.8, 4) is 0 Å². The number of nitrogens with one attached hydrogen (secondary N) is 2. The van der Waals surface area contributed by atoms with Gasteiger partial charge in [-0.15, -0.1) is 0 Å². The van der Waals surface area contributed by atoms with Crippen molar-refractivity contribution in [1.29, 1.82) is 0 Å².